The fraction of sp³-hybridized carbons (Fsp3) is 1.00. The van der Waals surface area contributed by atoms with Crippen molar-refractivity contribution in [2.24, 2.45) is 0 Å². The zero-order chi connectivity index (χ0) is 12.3. The van der Waals surface area contributed by atoms with Crippen LogP contribution in [-0.4, -0.2) is 76.5 Å². The van der Waals surface area contributed by atoms with Gasteiger partial charge >= 0.3 is 0 Å². The maximum atomic E-state index is 5.97. The van der Waals surface area contributed by atoms with Crippen molar-refractivity contribution in [3.8, 4) is 0 Å². The summed E-state index contributed by atoms with van der Waals surface area (Å²) >= 11 is 0. The number of nitrogens with zero attached hydrogens (tertiary/aromatic N) is 2. The smallest absolute Gasteiger partial charge is 0.155 e. The van der Waals surface area contributed by atoms with Crippen molar-refractivity contribution in [1.82, 2.24) is 0 Å². The Balaban J connectivity index is 4.32. The Hall–Kier alpha value is -0.120. The monoisotopic (exact) mass is 218 g/mol. The molecule has 0 saturated heterocycles. The number of rotatable bonds is 6. The SMILES string of the molecule is CC(C)OC(C[N+](C)(C)C)C[N+](C)(C)C. The van der Waals surface area contributed by atoms with Gasteiger partial charge < -0.3 is 13.7 Å². The lowest BCUT2D eigenvalue weighted by atomic mass is 10.2. The van der Waals surface area contributed by atoms with Gasteiger partial charge in [0.05, 0.1) is 48.4 Å². The third kappa shape index (κ3) is 10.2. The van der Waals surface area contributed by atoms with Crippen molar-refractivity contribution < 1.29 is 13.7 Å². The van der Waals surface area contributed by atoms with Gasteiger partial charge in [0.25, 0.3) is 0 Å². The van der Waals surface area contributed by atoms with Crippen molar-refractivity contribution in [3.63, 3.8) is 0 Å². The summed E-state index contributed by atoms with van der Waals surface area (Å²) in [4.78, 5) is 0. The van der Waals surface area contributed by atoms with Crippen molar-refractivity contribution in [3.05, 3.63) is 0 Å². The van der Waals surface area contributed by atoms with Crippen LogP contribution in [0.5, 0.6) is 0 Å². The summed E-state index contributed by atoms with van der Waals surface area (Å²) in [5.41, 5.74) is 0. The van der Waals surface area contributed by atoms with Crippen molar-refractivity contribution in [2.75, 3.05) is 55.4 Å². The molecule has 0 N–H and O–H groups in total. The topological polar surface area (TPSA) is 9.23 Å². The predicted molar refractivity (Wildman–Crippen MR) is 65.8 cm³/mol. The summed E-state index contributed by atoms with van der Waals surface area (Å²) in [6.45, 7) is 6.35. The van der Waals surface area contributed by atoms with Gasteiger partial charge in [-0.1, -0.05) is 0 Å². The molecule has 0 rings (SSSR count). The minimum absolute atomic E-state index is 0.313. The van der Waals surface area contributed by atoms with Crippen LogP contribution in [-0.2, 0) is 4.74 Å². The van der Waals surface area contributed by atoms with E-state index in [4.69, 9.17) is 4.74 Å². The van der Waals surface area contributed by atoms with E-state index in [0.717, 1.165) is 22.1 Å². The van der Waals surface area contributed by atoms with E-state index in [0.29, 0.717) is 12.2 Å². The van der Waals surface area contributed by atoms with E-state index >= 15 is 0 Å². The maximum Gasteiger partial charge on any atom is 0.155 e. The molecule has 0 heterocycles. The average molecular weight is 218 g/mol. The Bertz CT molecular complexity index is 161. The lowest BCUT2D eigenvalue weighted by Crippen LogP contribution is -2.51. The first kappa shape index (κ1) is 14.9. The van der Waals surface area contributed by atoms with Gasteiger partial charge in [0, 0.05) is 0 Å². The van der Waals surface area contributed by atoms with Crippen LogP contribution in [0.4, 0.5) is 0 Å². The molecule has 0 bridgehead atoms. The van der Waals surface area contributed by atoms with Gasteiger partial charge in [-0.25, -0.2) is 0 Å². The van der Waals surface area contributed by atoms with E-state index in [-0.39, 0.29) is 0 Å². The second-order valence-electron chi connectivity index (χ2n) is 6.75. The molecule has 0 spiro atoms. The van der Waals surface area contributed by atoms with E-state index in [2.05, 4.69) is 56.1 Å². The van der Waals surface area contributed by atoms with Crippen LogP contribution in [0.1, 0.15) is 13.8 Å². The molecule has 3 heteroatoms. The molecular formula is C12H30N2O+2. The Kier molecular flexibility index (Phi) is 5.24. The van der Waals surface area contributed by atoms with Crippen molar-refractivity contribution in [1.29, 1.82) is 0 Å². The predicted octanol–water partition coefficient (Wildman–Crippen LogP) is 1.19. The molecule has 0 unspecified atom stereocenters. The van der Waals surface area contributed by atoms with Gasteiger partial charge in [-0.15, -0.1) is 0 Å². The molecule has 0 aliphatic heterocycles. The second-order valence-corrected chi connectivity index (χ2v) is 6.75. The van der Waals surface area contributed by atoms with E-state index in [9.17, 15) is 0 Å². The molecule has 0 radical (unpaired) electrons. The fourth-order valence-corrected chi connectivity index (χ4v) is 1.75. The summed E-state index contributed by atoms with van der Waals surface area (Å²) in [6, 6.07) is 0. The standard InChI is InChI=1S/C12H30N2O/c1-11(2)15-12(9-13(3,4)5)10-14(6,7)8/h11-12H,9-10H2,1-8H3/q+2. The molecule has 0 aliphatic carbocycles. The summed E-state index contributed by atoms with van der Waals surface area (Å²) in [5, 5.41) is 0. The minimum atomic E-state index is 0.313. The number of quaternary nitrogens is 2. The third-order valence-electron chi connectivity index (χ3n) is 1.97. The zero-order valence-electron chi connectivity index (χ0n) is 11.9. The number of likely N-dealkylation sites (N-methyl/N-ethyl adjacent to an activating group) is 2. The maximum absolute atomic E-state index is 5.97. The fourth-order valence-electron chi connectivity index (χ4n) is 1.75. The van der Waals surface area contributed by atoms with E-state index in [1.165, 1.54) is 0 Å². The molecule has 0 aromatic carbocycles. The highest BCUT2D eigenvalue weighted by molar-refractivity contribution is 4.57. The molecule has 15 heavy (non-hydrogen) atoms. The second kappa shape index (κ2) is 5.28. The molecule has 3 nitrogen and oxygen atoms in total. The van der Waals surface area contributed by atoms with Gasteiger partial charge in [0.2, 0.25) is 0 Å². The molecule has 0 fully saturated rings. The Morgan fingerprint density at radius 3 is 1.33 bits per heavy atom. The molecule has 92 valence electrons. The lowest BCUT2D eigenvalue weighted by molar-refractivity contribution is -0.896. The first-order valence-electron chi connectivity index (χ1n) is 5.76. The first-order valence-corrected chi connectivity index (χ1v) is 5.76. The van der Waals surface area contributed by atoms with Gasteiger partial charge in [-0.05, 0) is 13.8 Å². The molecule has 0 saturated carbocycles. The highest BCUT2D eigenvalue weighted by Crippen LogP contribution is 2.07. The molecule has 0 atom stereocenters. The quantitative estimate of drug-likeness (QED) is 0.609. The summed E-state index contributed by atoms with van der Waals surface area (Å²) in [5.74, 6) is 0. The van der Waals surface area contributed by atoms with Gasteiger partial charge in [-0.3, -0.25) is 0 Å². The van der Waals surface area contributed by atoms with Gasteiger partial charge in [0.1, 0.15) is 13.1 Å². The number of hydrogen-bond donors (Lipinski definition) is 0. The lowest BCUT2D eigenvalue weighted by Gasteiger charge is -2.34. The van der Waals surface area contributed by atoms with Crippen LogP contribution < -0.4 is 0 Å². The van der Waals surface area contributed by atoms with Crippen molar-refractivity contribution >= 4 is 0 Å². The first-order chi connectivity index (χ1) is 6.49. The van der Waals surface area contributed by atoms with Crippen LogP contribution in [0, 0.1) is 0 Å². The van der Waals surface area contributed by atoms with Gasteiger partial charge in [0.15, 0.2) is 6.10 Å². The minimum Gasteiger partial charge on any atom is -0.364 e. The Labute approximate surface area is 95.8 Å². The highest BCUT2D eigenvalue weighted by atomic mass is 16.5. The normalized spacial score (nSPS) is 14.0. The zero-order valence-corrected chi connectivity index (χ0v) is 11.9. The van der Waals surface area contributed by atoms with Crippen LogP contribution in [0.15, 0.2) is 0 Å². The molecular weight excluding hydrogens is 188 g/mol. The van der Waals surface area contributed by atoms with E-state index in [1.807, 2.05) is 0 Å². The summed E-state index contributed by atoms with van der Waals surface area (Å²) in [6.07, 6.45) is 0.651. The van der Waals surface area contributed by atoms with Crippen LogP contribution in [0.25, 0.3) is 0 Å². The number of ether oxygens (including phenoxy) is 1. The Morgan fingerprint density at radius 2 is 1.13 bits per heavy atom. The van der Waals surface area contributed by atoms with Crippen LogP contribution in [0.3, 0.4) is 0 Å². The van der Waals surface area contributed by atoms with E-state index < -0.39 is 0 Å². The van der Waals surface area contributed by atoms with Crippen LogP contribution >= 0.6 is 0 Å². The van der Waals surface area contributed by atoms with Crippen LogP contribution in [0.2, 0.25) is 0 Å². The molecule has 0 aliphatic rings. The highest BCUT2D eigenvalue weighted by Gasteiger charge is 2.25. The summed E-state index contributed by atoms with van der Waals surface area (Å²) < 4.78 is 7.88. The van der Waals surface area contributed by atoms with E-state index in [1.54, 1.807) is 0 Å². The number of hydrogen-bond acceptors (Lipinski definition) is 1. The third-order valence-corrected chi connectivity index (χ3v) is 1.97. The summed E-state index contributed by atoms with van der Waals surface area (Å²) in [7, 11) is 13.3. The molecule has 0 amide bonds. The largest absolute Gasteiger partial charge is 0.364 e. The van der Waals surface area contributed by atoms with Gasteiger partial charge in [-0.2, -0.15) is 0 Å². The van der Waals surface area contributed by atoms with Crippen molar-refractivity contribution in [2.45, 2.75) is 26.1 Å². The average Bonchev–Trinajstić information content (AvgIpc) is 1.73. The Morgan fingerprint density at radius 1 is 0.800 bits per heavy atom. The molecule has 0 aromatic rings. The molecule has 0 aromatic heterocycles.